The molecule has 3 nitrogen and oxygen atoms in total. The van der Waals surface area contributed by atoms with E-state index in [2.05, 4.69) is 0 Å². The van der Waals surface area contributed by atoms with Crippen molar-refractivity contribution in [1.29, 1.82) is 0 Å². The Morgan fingerprint density at radius 2 is 2.00 bits per heavy atom. The molecule has 1 aromatic rings. The first-order valence-electron chi connectivity index (χ1n) is 4.33. The molecule has 0 bridgehead atoms. The standard InChI is InChI=1S/C9H12BClO3/c1-6(2)14-9-4-3-7(11)5-8(9)10(12)13/h3-6,12-13H,1-2H3. The van der Waals surface area contributed by atoms with Crippen LogP contribution in [0.5, 0.6) is 5.75 Å². The Labute approximate surface area is 88.4 Å². The average Bonchev–Trinajstić information content (AvgIpc) is 2.07. The predicted octanol–water partition coefficient (Wildman–Crippen LogP) is 0.807. The molecule has 0 spiro atoms. The minimum absolute atomic E-state index is 0.0197. The van der Waals surface area contributed by atoms with Crippen LogP contribution >= 0.6 is 11.6 Å². The normalized spacial score (nSPS) is 10.4. The van der Waals surface area contributed by atoms with Gasteiger partial charge in [0.1, 0.15) is 5.75 Å². The highest BCUT2D eigenvalue weighted by Crippen LogP contribution is 2.15. The van der Waals surface area contributed by atoms with Gasteiger partial charge >= 0.3 is 7.12 Å². The van der Waals surface area contributed by atoms with Gasteiger partial charge in [0.25, 0.3) is 0 Å². The zero-order valence-corrected chi connectivity index (χ0v) is 8.82. The van der Waals surface area contributed by atoms with Crippen LogP contribution in [0.25, 0.3) is 0 Å². The Balaban J connectivity index is 3.02. The molecule has 2 N–H and O–H groups in total. The summed E-state index contributed by atoms with van der Waals surface area (Å²) in [5, 5.41) is 18.6. The highest BCUT2D eigenvalue weighted by molar-refractivity contribution is 6.60. The fraction of sp³-hybridized carbons (Fsp3) is 0.333. The zero-order valence-electron chi connectivity index (χ0n) is 8.07. The number of rotatable bonds is 3. The first-order chi connectivity index (χ1) is 6.50. The van der Waals surface area contributed by atoms with E-state index in [1.54, 1.807) is 12.1 Å². The highest BCUT2D eigenvalue weighted by atomic mass is 35.5. The van der Waals surface area contributed by atoms with Gasteiger partial charge in [-0.3, -0.25) is 0 Å². The molecular weight excluding hydrogens is 202 g/mol. The van der Waals surface area contributed by atoms with Crippen LogP contribution in [-0.2, 0) is 0 Å². The van der Waals surface area contributed by atoms with Gasteiger partial charge in [-0.1, -0.05) is 11.6 Å². The van der Waals surface area contributed by atoms with Gasteiger partial charge in [0.15, 0.2) is 0 Å². The summed E-state index contributed by atoms with van der Waals surface area (Å²) in [6.45, 7) is 3.73. The van der Waals surface area contributed by atoms with Crippen LogP contribution in [0.4, 0.5) is 0 Å². The van der Waals surface area contributed by atoms with E-state index < -0.39 is 7.12 Å². The molecule has 0 saturated heterocycles. The van der Waals surface area contributed by atoms with E-state index in [9.17, 15) is 0 Å². The molecule has 0 heterocycles. The van der Waals surface area contributed by atoms with E-state index in [-0.39, 0.29) is 11.6 Å². The molecule has 0 atom stereocenters. The molecule has 0 aliphatic heterocycles. The summed E-state index contributed by atoms with van der Waals surface area (Å²) in [7, 11) is -1.57. The largest absolute Gasteiger partial charge is 0.492 e. The van der Waals surface area contributed by atoms with Crippen molar-refractivity contribution in [1.82, 2.24) is 0 Å². The molecule has 5 heteroatoms. The maximum absolute atomic E-state index is 9.06. The van der Waals surface area contributed by atoms with Gasteiger partial charge in [-0.15, -0.1) is 0 Å². The molecule has 0 amide bonds. The lowest BCUT2D eigenvalue weighted by Crippen LogP contribution is -2.32. The van der Waals surface area contributed by atoms with Crippen molar-refractivity contribution in [3.8, 4) is 5.75 Å². The van der Waals surface area contributed by atoms with Crippen LogP contribution in [-0.4, -0.2) is 23.3 Å². The summed E-state index contributed by atoms with van der Waals surface area (Å²) in [4.78, 5) is 0. The van der Waals surface area contributed by atoms with E-state index in [0.29, 0.717) is 10.8 Å². The summed E-state index contributed by atoms with van der Waals surface area (Å²) in [5.41, 5.74) is 0.284. The average molecular weight is 214 g/mol. The lowest BCUT2D eigenvalue weighted by molar-refractivity contribution is 0.243. The lowest BCUT2D eigenvalue weighted by atomic mass is 9.79. The molecular formula is C9H12BClO3. The minimum Gasteiger partial charge on any atom is -0.491 e. The topological polar surface area (TPSA) is 49.7 Å². The molecule has 14 heavy (non-hydrogen) atoms. The van der Waals surface area contributed by atoms with Crippen molar-refractivity contribution < 1.29 is 14.8 Å². The van der Waals surface area contributed by atoms with Gasteiger partial charge in [0.2, 0.25) is 0 Å². The Hall–Kier alpha value is -0.705. The molecule has 0 aromatic heterocycles. The smallest absolute Gasteiger partial charge is 0.491 e. The number of hydrogen-bond donors (Lipinski definition) is 2. The van der Waals surface area contributed by atoms with Crippen molar-refractivity contribution in [3.63, 3.8) is 0 Å². The number of ether oxygens (including phenoxy) is 1. The van der Waals surface area contributed by atoms with Crippen LogP contribution in [0.1, 0.15) is 13.8 Å². The van der Waals surface area contributed by atoms with Crippen LogP contribution in [0.2, 0.25) is 5.02 Å². The van der Waals surface area contributed by atoms with Gasteiger partial charge in [-0.2, -0.15) is 0 Å². The maximum Gasteiger partial charge on any atom is 0.492 e. The second-order valence-corrected chi connectivity index (χ2v) is 3.66. The number of benzene rings is 1. The second-order valence-electron chi connectivity index (χ2n) is 3.22. The minimum atomic E-state index is -1.57. The monoisotopic (exact) mass is 214 g/mol. The zero-order chi connectivity index (χ0) is 10.7. The Morgan fingerprint density at radius 3 is 2.50 bits per heavy atom. The van der Waals surface area contributed by atoms with Crippen molar-refractivity contribution in [2.45, 2.75) is 20.0 Å². The van der Waals surface area contributed by atoms with Crippen LogP contribution in [0.15, 0.2) is 18.2 Å². The molecule has 0 aliphatic carbocycles. The van der Waals surface area contributed by atoms with E-state index in [0.717, 1.165) is 0 Å². The summed E-state index contributed by atoms with van der Waals surface area (Å²) < 4.78 is 5.38. The molecule has 0 radical (unpaired) electrons. The summed E-state index contributed by atoms with van der Waals surface area (Å²) >= 11 is 5.72. The second kappa shape index (κ2) is 4.69. The van der Waals surface area contributed by atoms with Crippen LogP contribution in [0.3, 0.4) is 0 Å². The van der Waals surface area contributed by atoms with Crippen LogP contribution in [0, 0.1) is 0 Å². The maximum atomic E-state index is 9.06. The van der Waals surface area contributed by atoms with Gasteiger partial charge in [0.05, 0.1) is 6.10 Å². The number of hydrogen-bond acceptors (Lipinski definition) is 3. The summed E-state index contributed by atoms with van der Waals surface area (Å²) in [5.74, 6) is 0.444. The Bertz CT molecular complexity index is 315. The quantitative estimate of drug-likeness (QED) is 0.732. The molecule has 0 unspecified atom stereocenters. The Kier molecular flexibility index (Phi) is 3.81. The molecule has 0 saturated carbocycles. The van der Waals surface area contributed by atoms with Crippen molar-refractivity contribution in [2.75, 3.05) is 0 Å². The van der Waals surface area contributed by atoms with Gasteiger partial charge in [-0.25, -0.2) is 0 Å². The van der Waals surface area contributed by atoms with Gasteiger partial charge in [-0.05, 0) is 32.0 Å². The first-order valence-corrected chi connectivity index (χ1v) is 4.70. The first kappa shape index (κ1) is 11.4. The summed E-state index contributed by atoms with van der Waals surface area (Å²) in [6, 6.07) is 4.74. The molecule has 0 fully saturated rings. The lowest BCUT2D eigenvalue weighted by Gasteiger charge is -2.13. The molecule has 1 rings (SSSR count). The highest BCUT2D eigenvalue weighted by Gasteiger charge is 2.18. The fourth-order valence-corrected chi connectivity index (χ4v) is 1.26. The third-order valence-electron chi connectivity index (χ3n) is 1.61. The fourth-order valence-electron chi connectivity index (χ4n) is 1.08. The van der Waals surface area contributed by atoms with Gasteiger partial charge in [0, 0.05) is 10.5 Å². The summed E-state index contributed by atoms with van der Waals surface area (Å²) in [6.07, 6.45) is -0.0197. The third kappa shape index (κ3) is 2.91. The van der Waals surface area contributed by atoms with E-state index in [1.165, 1.54) is 6.07 Å². The van der Waals surface area contributed by atoms with Crippen molar-refractivity contribution >= 4 is 24.2 Å². The van der Waals surface area contributed by atoms with E-state index in [4.69, 9.17) is 26.4 Å². The SMILES string of the molecule is CC(C)Oc1ccc(Cl)cc1B(O)O. The number of halogens is 1. The van der Waals surface area contributed by atoms with E-state index >= 15 is 0 Å². The van der Waals surface area contributed by atoms with Gasteiger partial charge < -0.3 is 14.8 Å². The van der Waals surface area contributed by atoms with Crippen molar-refractivity contribution in [2.24, 2.45) is 0 Å². The Morgan fingerprint density at radius 1 is 1.36 bits per heavy atom. The third-order valence-corrected chi connectivity index (χ3v) is 1.85. The predicted molar refractivity (Wildman–Crippen MR) is 57.0 cm³/mol. The molecule has 76 valence electrons. The van der Waals surface area contributed by atoms with Crippen molar-refractivity contribution in [3.05, 3.63) is 23.2 Å². The van der Waals surface area contributed by atoms with Crippen LogP contribution < -0.4 is 10.2 Å². The molecule has 1 aromatic carbocycles. The van der Waals surface area contributed by atoms with E-state index in [1.807, 2.05) is 13.8 Å². The molecule has 0 aliphatic rings.